The quantitative estimate of drug-likeness (QED) is 0.813. The average molecular weight is 234 g/mol. The summed E-state index contributed by atoms with van der Waals surface area (Å²) in [6.07, 6.45) is 1.03. The van der Waals surface area contributed by atoms with Gasteiger partial charge in [-0.05, 0) is 24.1 Å². The first-order chi connectivity index (χ1) is 8.02. The maximum absolute atomic E-state index is 11.7. The van der Waals surface area contributed by atoms with Gasteiger partial charge < -0.3 is 11.1 Å². The lowest BCUT2D eigenvalue weighted by Gasteiger charge is -2.10. The molecule has 0 aliphatic carbocycles. The molecule has 4 heteroatoms. The van der Waals surface area contributed by atoms with Crippen LogP contribution in [0.1, 0.15) is 25.8 Å². The maximum Gasteiger partial charge on any atom is 0.227 e. The molecular weight excluding hydrogens is 216 g/mol. The lowest BCUT2D eigenvalue weighted by atomic mass is 10.1. The van der Waals surface area contributed by atoms with Crippen LogP contribution in [0.15, 0.2) is 24.3 Å². The number of benzene rings is 1. The molecule has 0 aromatic heterocycles. The van der Waals surface area contributed by atoms with Crippen LogP contribution >= 0.6 is 0 Å². The summed E-state index contributed by atoms with van der Waals surface area (Å²) in [7, 11) is 0. The summed E-state index contributed by atoms with van der Waals surface area (Å²) in [6.45, 7) is 3.75. The van der Waals surface area contributed by atoms with E-state index in [4.69, 9.17) is 5.73 Å². The number of anilines is 1. The summed E-state index contributed by atoms with van der Waals surface area (Å²) < 4.78 is 0. The largest absolute Gasteiger partial charge is 0.370 e. The minimum Gasteiger partial charge on any atom is -0.370 e. The molecule has 17 heavy (non-hydrogen) atoms. The number of amides is 2. The van der Waals surface area contributed by atoms with Crippen molar-refractivity contribution < 1.29 is 9.59 Å². The van der Waals surface area contributed by atoms with Gasteiger partial charge in [0.2, 0.25) is 11.8 Å². The van der Waals surface area contributed by atoms with Crippen molar-refractivity contribution in [2.24, 2.45) is 11.7 Å². The van der Waals surface area contributed by atoms with Crippen LogP contribution in [0.2, 0.25) is 0 Å². The van der Waals surface area contributed by atoms with Crippen molar-refractivity contribution in [3.63, 3.8) is 0 Å². The predicted octanol–water partition coefficient (Wildman–Crippen LogP) is 1.70. The standard InChI is InChI=1S/C13H18N2O2/c1-3-10-4-6-11(7-5-10)15-13(17)9(2)8-12(14)16/h4-7,9H,3,8H2,1-2H3,(H2,14,16)(H,15,17). The van der Waals surface area contributed by atoms with Gasteiger partial charge in [0.15, 0.2) is 0 Å². The van der Waals surface area contributed by atoms with Crippen LogP contribution in [-0.2, 0) is 16.0 Å². The SMILES string of the molecule is CCc1ccc(NC(=O)C(C)CC(N)=O)cc1. The van der Waals surface area contributed by atoms with Crippen molar-refractivity contribution >= 4 is 17.5 Å². The Morgan fingerprint density at radius 2 is 1.88 bits per heavy atom. The Kier molecular flexibility index (Phi) is 4.69. The maximum atomic E-state index is 11.7. The summed E-state index contributed by atoms with van der Waals surface area (Å²) in [5.74, 6) is -1.06. The molecule has 0 heterocycles. The Balaban J connectivity index is 2.58. The molecule has 0 saturated carbocycles. The highest BCUT2D eigenvalue weighted by molar-refractivity contribution is 5.94. The van der Waals surface area contributed by atoms with Gasteiger partial charge in [-0.2, -0.15) is 0 Å². The molecule has 0 fully saturated rings. The van der Waals surface area contributed by atoms with E-state index in [0.29, 0.717) is 0 Å². The highest BCUT2D eigenvalue weighted by Gasteiger charge is 2.15. The molecule has 0 bridgehead atoms. The second-order valence-corrected chi connectivity index (χ2v) is 4.11. The highest BCUT2D eigenvalue weighted by Crippen LogP contribution is 2.12. The van der Waals surface area contributed by atoms with Gasteiger partial charge >= 0.3 is 0 Å². The number of primary amides is 1. The number of aryl methyl sites for hydroxylation is 1. The van der Waals surface area contributed by atoms with E-state index in [2.05, 4.69) is 12.2 Å². The zero-order valence-corrected chi connectivity index (χ0v) is 10.2. The lowest BCUT2D eigenvalue weighted by Crippen LogP contribution is -2.25. The van der Waals surface area contributed by atoms with Gasteiger partial charge in [-0.1, -0.05) is 26.0 Å². The molecule has 4 nitrogen and oxygen atoms in total. The Morgan fingerprint density at radius 1 is 1.29 bits per heavy atom. The van der Waals surface area contributed by atoms with E-state index in [-0.39, 0.29) is 12.3 Å². The number of carbonyl (C=O) groups is 2. The predicted molar refractivity (Wildman–Crippen MR) is 67.4 cm³/mol. The van der Waals surface area contributed by atoms with Crippen LogP contribution in [0.4, 0.5) is 5.69 Å². The van der Waals surface area contributed by atoms with Gasteiger partial charge in [-0.15, -0.1) is 0 Å². The van der Waals surface area contributed by atoms with Crippen LogP contribution in [0.25, 0.3) is 0 Å². The molecule has 1 atom stereocenters. The summed E-state index contributed by atoms with van der Waals surface area (Å²) >= 11 is 0. The first kappa shape index (κ1) is 13.2. The molecular formula is C13H18N2O2. The van der Waals surface area contributed by atoms with Crippen LogP contribution in [0.5, 0.6) is 0 Å². The molecule has 1 aromatic rings. The van der Waals surface area contributed by atoms with Crippen LogP contribution < -0.4 is 11.1 Å². The third kappa shape index (κ3) is 4.26. The fourth-order valence-electron chi connectivity index (χ4n) is 1.48. The van der Waals surface area contributed by atoms with E-state index in [1.165, 1.54) is 5.56 Å². The first-order valence-corrected chi connectivity index (χ1v) is 5.71. The third-order valence-corrected chi connectivity index (χ3v) is 2.58. The van der Waals surface area contributed by atoms with E-state index in [9.17, 15) is 9.59 Å². The number of nitrogens with two attached hydrogens (primary N) is 1. The third-order valence-electron chi connectivity index (χ3n) is 2.58. The second kappa shape index (κ2) is 6.03. The normalized spacial score (nSPS) is 11.9. The smallest absolute Gasteiger partial charge is 0.227 e. The lowest BCUT2D eigenvalue weighted by molar-refractivity contribution is -0.125. The monoisotopic (exact) mass is 234 g/mol. The van der Waals surface area contributed by atoms with Crippen LogP contribution in [0.3, 0.4) is 0 Å². The molecule has 0 spiro atoms. The zero-order valence-electron chi connectivity index (χ0n) is 10.2. The highest BCUT2D eigenvalue weighted by atomic mass is 16.2. The number of rotatable bonds is 5. The van der Waals surface area contributed by atoms with E-state index >= 15 is 0 Å². The Morgan fingerprint density at radius 3 is 2.35 bits per heavy atom. The van der Waals surface area contributed by atoms with E-state index < -0.39 is 11.8 Å². The summed E-state index contributed by atoms with van der Waals surface area (Å²) in [5, 5.41) is 2.75. The molecule has 1 aromatic carbocycles. The van der Waals surface area contributed by atoms with Gasteiger partial charge in [-0.25, -0.2) is 0 Å². The van der Waals surface area contributed by atoms with E-state index in [1.54, 1.807) is 6.92 Å². The van der Waals surface area contributed by atoms with E-state index in [1.807, 2.05) is 24.3 Å². The molecule has 3 N–H and O–H groups in total. The first-order valence-electron chi connectivity index (χ1n) is 5.71. The van der Waals surface area contributed by atoms with Gasteiger partial charge in [0, 0.05) is 18.0 Å². The van der Waals surface area contributed by atoms with Crippen molar-refractivity contribution in [2.75, 3.05) is 5.32 Å². The zero-order chi connectivity index (χ0) is 12.8. The minimum absolute atomic E-state index is 0.0683. The number of nitrogens with one attached hydrogen (secondary N) is 1. The van der Waals surface area contributed by atoms with E-state index in [0.717, 1.165) is 12.1 Å². The fraction of sp³-hybridized carbons (Fsp3) is 0.385. The van der Waals surface area contributed by atoms with Crippen molar-refractivity contribution in [3.8, 4) is 0 Å². The molecule has 1 rings (SSSR count). The van der Waals surface area contributed by atoms with Crippen molar-refractivity contribution in [2.45, 2.75) is 26.7 Å². The van der Waals surface area contributed by atoms with Gasteiger partial charge in [-0.3, -0.25) is 9.59 Å². The minimum atomic E-state index is -0.464. The van der Waals surface area contributed by atoms with Gasteiger partial charge in [0.05, 0.1) is 0 Å². The summed E-state index contributed by atoms with van der Waals surface area (Å²) in [4.78, 5) is 22.4. The molecule has 92 valence electrons. The molecule has 0 aliphatic heterocycles. The van der Waals surface area contributed by atoms with Crippen molar-refractivity contribution in [3.05, 3.63) is 29.8 Å². The fourth-order valence-corrected chi connectivity index (χ4v) is 1.48. The topological polar surface area (TPSA) is 72.2 Å². The van der Waals surface area contributed by atoms with Crippen molar-refractivity contribution in [1.82, 2.24) is 0 Å². The van der Waals surface area contributed by atoms with Crippen LogP contribution in [0, 0.1) is 5.92 Å². The number of hydrogen-bond donors (Lipinski definition) is 2. The van der Waals surface area contributed by atoms with Gasteiger partial charge in [0.25, 0.3) is 0 Å². The number of hydrogen-bond acceptors (Lipinski definition) is 2. The number of carbonyl (C=O) groups excluding carboxylic acids is 2. The average Bonchev–Trinajstić information content (AvgIpc) is 2.29. The second-order valence-electron chi connectivity index (χ2n) is 4.11. The molecule has 0 aliphatic rings. The van der Waals surface area contributed by atoms with Crippen molar-refractivity contribution in [1.29, 1.82) is 0 Å². The van der Waals surface area contributed by atoms with Gasteiger partial charge in [0.1, 0.15) is 0 Å². The molecule has 0 radical (unpaired) electrons. The Bertz CT molecular complexity index is 398. The molecule has 1 unspecified atom stereocenters. The Hall–Kier alpha value is -1.84. The van der Waals surface area contributed by atoms with Crippen LogP contribution in [-0.4, -0.2) is 11.8 Å². The molecule has 0 saturated heterocycles. The molecule has 2 amide bonds. The summed E-state index contributed by atoms with van der Waals surface area (Å²) in [6, 6.07) is 7.64. The summed E-state index contributed by atoms with van der Waals surface area (Å²) in [5.41, 5.74) is 7.00. The Labute approximate surface area is 101 Å².